The molecule has 0 radical (unpaired) electrons. The van der Waals surface area contributed by atoms with Gasteiger partial charge in [-0.25, -0.2) is 4.99 Å². The summed E-state index contributed by atoms with van der Waals surface area (Å²) in [6, 6.07) is 5.55. The summed E-state index contributed by atoms with van der Waals surface area (Å²) in [6.45, 7) is 0.470. The minimum atomic E-state index is 0. The van der Waals surface area contributed by atoms with E-state index in [1.807, 2.05) is 12.1 Å². The molecule has 0 fully saturated rings. The van der Waals surface area contributed by atoms with E-state index >= 15 is 0 Å². The zero-order chi connectivity index (χ0) is 9.84. The summed E-state index contributed by atoms with van der Waals surface area (Å²) in [5, 5.41) is 0.674. The molecule has 0 aliphatic rings. The Labute approximate surface area is 102 Å². The van der Waals surface area contributed by atoms with Gasteiger partial charge in [0.2, 0.25) is 0 Å². The van der Waals surface area contributed by atoms with Gasteiger partial charge in [0.05, 0.1) is 11.6 Å². The van der Waals surface area contributed by atoms with Crippen LogP contribution in [0, 0.1) is 0 Å². The highest BCUT2D eigenvalue weighted by atomic mass is 79.9. The fourth-order valence-electron chi connectivity index (χ4n) is 0.821. The minimum absolute atomic E-state index is 0. The average molecular weight is 299 g/mol. The van der Waals surface area contributed by atoms with Crippen molar-refractivity contribution in [3.63, 3.8) is 0 Å². The second-order valence-electron chi connectivity index (χ2n) is 2.49. The van der Waals surface area contributed by atoms with Gasteiger partial charge in [0, 0.05) is 4.47 Å². The highest BCUT2D eigenvalue weighted by Gasteiger charge is 1.97. The summed E-state index contributed by atoms with van der Waals surface area (Å²) in [5.41, 5.74) is 11.4. The van der Waals surface area contributed by atoms with Crippen LogP contribution in [0.1, 0.15) is 5.56 Å². The number of nitrogens with zero attached hydrogens (tertiary/aromatic N) is 1. The Morgan fingerprint density at radius 2 is 2.07 bits per heavy atom. The summed E-state index contributed by atoms with van der Waals surface area (Å²) in [5.74, 6) is 0.0890. The van der Waals surface area contributed by atoms with Crippen LogP contribution in [0.4, 0.5) is 0 Å². The van der Waals surface area contributed by atoms with E-state index in [9.17, 15) is 0 Å². The third-order valence-electron chi connectivity index (χ3n) is 1.43. The molecule has 1 aromatic carbocycles. The van der Waals surface area contributed by atoms with Crippen molar-refractivity contribution in [1.29, 1.82) is 0 Å². The van der Waals surface area contributed by atoms with Gasteiger partial charge in [-0.15, -0.1) is 12.4 Å². The predicted octanol–water partition coefficient (Wildman–Crippen LogP) is 2.30. The van der Waals surface area contributed by atoms with Crippen molar-refractivity contribution in [1.82, 2.24) is 0 Å². The monoisotopic (exact) mass is 297 g/mol. The average Bonchev–Trinajstić information content (AvgIpc) is 2.07. The summed E-state index contributed by atoms with van der Waals surface area (Å²) >= 11 is 9.12. The van der Waals surface area contributed by atoms with E-state index in [-0.39, 0.29) is 18.4 Å². The van der Waals surface area contributed by atoms with Gasteiger partial charge in [-0.3, -0.25) is 0 Å². The molecule has 0 aromatic heterocycles. The first kappa shape index (κ1) is 13.5. The Morgan fingerprint density at radius 1 is 1.43 bits per heavy atom. The van der Waals surface area contributed by atoms with Crippen LogP contribution in [0.15, 0.2) is 27.7 Å². The van der Waals surface area contributed by atoms with Crippen LogP contribution < -0.4 is 11.5 Å². The third kappa shape index (κ3) is 4.17. The van der Waals surface area contributed by atoms with E-state index in [0.29, 0.717) is 11.6 Å². The van der Waals surface area contributed by atoms with Crippen molar-refractivity contribution in [3.05, 3.63) is 33.3 Å². The molecule has 1 aromatic rings. The largest absolute Gasteiger partial charge is 0.370 e. The summed E-state index contributed by atoms with van der Waals surface area (Å²) in [4.78, 5) is 3.87. The first-order chi connectivity index (χ1) is 6.09. The number of guanidine groups is 1. The molecule has 0 unspecified atom stereocenters. The van der Waals surface area contributed by atoms with E-state index in [2.05, 4.69) is 20.9 Å². The Bertz CT molecular complexity index is 337. The molecule has 0 spiro atoms. The van der Waals surface area contributed by atoms with Crippen molar-refractivity contribution < 1.29 is 0 Å². The Hall–Kier alpha value is -0.450. The predicted molar refractivity (Wildman–Crippen MR) is 65.9 cm³/mol. The van der Waals surface area contributed by atoms with E-state index < -0.39 is 0 Å². The maximum absolute atomic E-state index is 5.81. The molecular formula is C8H10BrCl2N3. The van der Waals surface area contributed by atoms with Gasteiger partial charge < -0.3 is 11.5 Å². The fraction of sp³-hybridized carbons (Fsp3) is 0.125. The van der Waals surface area contributed by atoms with Gasteiger partial charge >= 0.3 is 0 Å². The molecule has 0 heterocycles. The molecule has 4 N–H and O–H groups in total. The molecule has 1 rings (SSSR count). The number of hydrogen-bond donors (Lipinski definition) is 2. The molecule has 0 aliphatic carbocycles. The number of hydrogen-bond acceptors (Lipinski definition) is 1. The standard InChI is InChI=1S/C8H9BrClN3.ClH/c9-6-3-5(1-2-7(6)10)4-13-8(11)12;/h1-3H,4H2,(H4,11,12,13);1H. The van der Waals surface area contributed by atoms with Gasteiger partial charge in [-0.05, 0) is 33.6 Å². The van der Waals surface area contributed by atoms with Crippen molar-refractivity contribution in [3.8, 4) is 0 Å². The zero-order valence-electron chi connectivity index (χ0n) is 7.21. The normalized spacial score (nSPS) is 9.00. The second kappa shape index (κ2) is 6.11. The van der Waals surface area contributed by atoms with Crippen molar-refractivity contribution >= 4 is 45.9 Å². The van der Waals surface area contributed by atoms with Crippen LogP contribution in [-0.2, 0) is 6.54 Å². The van der Waals surface area contributed by atoms with Crippen LogP contribution >= 0.6 is 39.9 Å². The maximum atomic E-state index is 5.81. The smallest absolute Gasteiger partial charge is 0.186 e. The highest BCUT2D eigenvalue weighted by Crippen LogP contribution is 2.23. The molecule has 3 nitrogen and oxygen atoms in total. The van der Waals surface area contributed by atoms with Gasteiger partial charge in [-0.1, -0.05) is 17.7 Å². The molecule has 14 heavy (non-hydrogen) atoms. The summed E-state index contributed by atoms with van der Waals surface area (Å²) < 4.78 is 0.845. The number of halogens is 3. The van der Waals surface area contributed by atoms with E-state index in [1.165, 1.54) is 0 Å². The van der Waals surface area contributed by atoms with Gasteiger partial charge in [-0.2, -0.15) is 0 Å². The van der Waals surface area contributed by atoms with Crippen molar-refractivity contribution in [2.45, 2.75) is 6.54 Å². The quantitative estimate of drug-likeness (QED) is 0.650. The molecular weight excluding hydrogens is 289 g/mol. The zero-order valence-corrected chi connectivity index (χ0v) is 10.4. The molecule has 0 bridgehead atoms. The van der Waals surface area contributed by atoms with Gasteiger partial charge in [0.1, 0.15) is 0 Å². The van der Waals surface area contributed by atoms with Gasteiger partial charge in [0.15, 0.2) is 5.96 Å². The van der Waals surface area contributed by atoms with E-state index in [1.54, 1.807) is 6.07 Å². The van der Waals surface area contributed by atoms with Gasteiger partial charge in [0.25, 0.3) is 0 Å². The summed E-state index contributed by atoms with van der Waals surface area (Å²) in [7, 11) is 0. The van der Waals surface area contributed by atoms with Crippen LogP contribution in [0.3, 0.4) is 0 Å². The number of rotatable bonds is 2. The number of benzene rings is 1. The number of aliphatic imine (C=N–C) groups is 1. The molecule has 0 aliphatic heterocycles. The SMILES string of the molecule is Cl.NC(N)=NCc1ccc(Cl)c(Br)c1. The van der Waals surface area contributed by atoms with Crippen LogP contribution in [-0.4, -0.2) is 5.96 Å². The van der Waals surface area contributed by atoms with Crippen LogP contribution in [0.5, 0.6) is 0 Å². The lowest BCUT2D eigenvalue weighted by molar-refractivity contribution is 1.05. The van der Waals surface area contributed by atoms with E-state index in [4.69, 9.17) is 23.1 Å². The Balaban J connectivity index is 0.00000169. The molecule has 0 amide bonds. The maximum Gasteiger partial charge on any atom is 0.186 e. The molecule has 0 atom stereocenters. The molecule has 78 valence electrons. The Kier molecular flexibility index (Phi) is 5.92. The first-order valence-electron chi connectivity index (χ1n) is 3.59. The van der Waals surface area contributed by atoms with Crippen molar-refractivity contribution in [2.75, 3.05) is 0 Å². The topological polar surface area (TPSA) is 64.4 Å². The molecule has 6 heteroatoms. The minimum Gasteiger partial charge on any atom is -0.370 e. The van der Waals surface area contributed by atoms with Crippen LogP contribution in [0.2, 0.25) is 5.02 Å². The third-order valence-corrected chi connectivity index (χ3v) is 2.64. The lowest BCUT2D eigenvalue weighted by atomic mass is 10.2. The lowest BCUT2D eigenvalue weighted by Crippen LogP contribution is -2.22. The lowest BCUT2D eigenvalue weighted by Gasteiger charge is -1.99. The molecule has 0 saturated heterocycles. The first-order valence-corrected chi connectivity index (χ1v) is 4.76. The van der Waals surface area contributed by atoms with Crippen LogP contribution in [0.25, 0.3) is 0 Å². The second-order valence-corrected chi connectivity index (χ2v) is 3.75. The molecule has 0 saturated carbocycles. The van der Waals surface area contributed by atoms with E-state index in [0.717, 1.165) is 10.0 Å². The highest BCUT2D eigenvalue weighted by molar-refractivity contribution is 9.10. The number of nitrogens with two attached hydrogens (primary N) is 2. The van der Waals surface area contributed by atoms with Crippen molar-refractivity contribution in [2.24, 2.45) is 16.5 Å². The summed E-state index contributed by atoms with van der Waals surface area (Å²) in [6.07, 6.45) is 0. The Morgan fingerprint density at radius 3 is 2.57 bits per heavy atom. The fourth-order valence-corrected chi connectivity index (χ4v) is 1.36.